The summed E-state index contributed by atoms with van der Waals surface area (Å²) < 4.78 is 0. The third-order valence-electron chi connectivity index (χ3n) is 1.09. The smallest absolute Gasteiger partial charge is 0.124 e. The van der Waals surface area contributed by atoms with Crippen LogP contribution in [0.2, 0.25) is 0 Å². The van der Waals surface area contributed by atoms with Crippen molar-refractivity contribution in [3.05, 3.63) is 29.8 Å². The quantitative estimate of drug-likeness (QED) is 0.617. The zero-order chi connectivity index (χ0) is 9.40. The lowest BCUT2D eigenvalue weighted by molar-refractivity contribution is 0.474. The van der Waals surface area contributed by atoms with Crippen molar-refractivity contribution in [2.24, 2.45) is 0 Å². The molecule has 0 aliphatic heterocycles. The number of aromatic hydroxyl groups is 1. The standard InChI is InChI=1S/C7H7NO.C3H8/c8-5-6-3-1-2-4-7(6)9;1-3-2/h1-5,8-9H;3H2,1-2H3. The van der Waals surface area contributed by atoms with Crippen LogP contribution in [-0.2, 0) is 0 Å². The maximum Gasteiger partial charge on any atom is 0.124 e. The molecule has 1 rings (SSSR count). The molecular weight excluding hydrogens is 150 g/mol. The summed E-state index contributed by atoms with van der Waals surface area (Å²) in [4.78, 5) is 0. The first kappa shape index (κ1) is 10.7. The summed E-state index contributed by atoms with van der Waals surface area (Å²) >= 11 is 0. The minimum atomic E-state index is 0.160. The van der Waals surface area contributed by atoms with E-state index in [1.165, 1.54) is 6.42 Å². The Morgan fingerprint density at radius 1 is 1.33 bits per heavy atom. The lowest BCUT2D eigenvalue weighted by Gasteiger charge is -1.92. The van der Waals surface area contributed by atoms with E-state index >= 15 is 0 Å². The molecule has 0 saturated carbocycles. The molecule has 0 bridgehead atoms. The van der Waals surface area contributed by atoms with Crippen molar-refractivity contribution < 1.29 is 5.11 Å². The number of hydrogen-bond acceptors (Lipinski definition) is 2. The summed E-state index contributed by atoms with van der Waals surface area (Å²) in [7, 11) is 0. The Kier molecular flexibility index (Phi) is 5.70. The fraction of sp³-hybridized carbons (Fsp3) is 0.300. The lowest BCUT2D eigenvalue weighted by Crippen LogP contribution is -1.77. The molecule has 0 heterocycles. The largest absolute Gasteiger partial charge is 0.507 e. The van der Waals surface area contributed by atoms with E-state index in [0.717, 1.165) is 6.21 Å². The highest BCUT2D eigenvalue weighted by Gasteiger charge is 1.91. The molecule has 2 heteroatoms. The number of para-hydroxylation sites is 1. The molecule has 0 amide bonds. The van der Waals surface area contributed by atoms with E-state index in [1.807, 2.05) is 0 Å². The van der Waals surface area contributed by atoms with Gasteiger partial charge in [0, 0.05) is 11.8 Å². The summed E-state index contributed by atoms with van der Waals surface area (Å²) in [5.74, 6) is 0.160. The molecule has 1 aromatic rings. The SMILES string of the molecule is CCC.N=Cc1ccccc1O. The summed E-state index contributed by atoms with van der Waals surface area (Å²) in [5.41, 5.74) is 0.553. The molecule has 0 radical (unpaired) electrons. The van der Waals surface area contributed by atoms with Crippen molar-refractivity contribution in [3.63, 3.8) is 0 Å². The average molecular weight is 165 g/mol. The summed E-state index contributed by atoms with van der Waals surface area (Å²) in [6, 6.07) is 6.74. The van der Waals surface area contributed by atoms with Crippen molar-refractivity contribution in [1.82, 2.24) is 0 Å². The molecule has 0 aliphatic carbocycles. The lowest BCUT2D eigenvalue weighted by atomic mass is 10.2. The fourth-order valence-corrected chi connectivity index (χ4v) is 0.610. The van der Waals surface area contributed by atoms with Crippen molar-refractivity contribution in [3.8, 4) is 5.75 Å². The van der Waals surface area contributed by atoms with E-state index in [0.29, 0.717) is 5.56 Å². The van der Waals surface area contributed by atoms with Gasteiger partial charge < -0.3 is 10.5 Å². The van der Waals surface area contributed by atoms with Crippen molar-refractivity contribution in [2.75, 3.05) is 0 Å². The molecular formula is C10H15NO. The second-order valence-corrected chi connectivity index (χ2v) is 2.41. The number of nitrogens with one attached hydrogen (secondary N) is 1. The van der Waals surface area contributed by atoms with Gasteiger partial charge in [-0.1, -0.05) is 32.4 Å². The van der Waals surface area contributed by atoms with Crippen LogP contribution in [0.3, 0.4) is 0 Å². The number of phenolic OH excluding ortho intramolecular Hbond substituents is 1. The molecule has 1 aromatic carbocycles. The van der Waals surface area contributed by atoms with Gasteiger partial charge in [0.25, 0.3) is 0 Å². The third-order valence-corrected chi connectivity index (χ3v) is 1.09. The van der Waals surface area contributed by atoms with E-state index < -0.39 is 0 Å². The van der Waals surface area contributed by atoms with Crippen molar-refractivity contribution in [1.29, 1.82) is 5.41 Å². The molecule has 0 saturated heterocycles. The molecule has 12 heavy (non-hydrogen) atoms. The minimum absolute atomic E-state index is 0.160. The number of phenols is 1. The van der Waals surface area contributed by atoms with Crippen LogP contribution in [-0.4, -0.2) is 11.3 Å². The minimum Gasteiger partial charge on any atom is -0.507 e. The van der Waals surface area contributed by atoms with Gasteiger partial charge in [0.1, 0.15) is 5.75 Å². The highest BCUT2D eigenvalue weighted by atomic mass is 16.3. The Balaban J connectivity index is 0.000000354. The van der Waals surface area contributed by atoms with Crippen LogP contribution < -0.4 is 0 Å². The first-order chi connectivity index (χ1) is 5.76. The second-order valence-electron chi connectivity index (χ2n) is 2.41. The fourth-order valence-electron chi connectivity index (χ4n) is 0.610. The topological polar surface area (TPSA) is 44.1 Å². The van der Waals surface area contributed by atoms with Gasteiger partial charge >= 0.3 is 0 Å². The molecule has 66 valence electrons. The summed E-state index contributed by atoms with van der Waals surface area (Å²) in [5, 5.41) is 15.8. The average Bonchev–Trinajstić information content (AvgIpc) is 2.07. The molecule has 0 aromatic heterocycles. The molecule has 0 unspecified atom stereocenters. The van der Waals surface area contributed by atoms with E-state index in [9.17, 15) is 0 Å². The predicted octanol–water partition coefficient (Wildman–Crippen LogP) is 2.81. The Morgan fingerprint density at radius 2 is 1.83 bits per heavy atom. The number of benzene rings is 1. The summed E-state index contributed by atoms with van der Waals surface area (Å²) in [6.45, 7) is 4.25. The second kappa shape index (κ2) is 6.40. The molecule has 2 nitrogen and oxygen atoms in total. The predicted molar refractivity (Wildman–Crippen MR) is 52.0 cm³/mol. The molecule has 0 aliphatic rings. The maximum absolute atomic E-state index is 8.96. The van der Waals surface area contributed by atoms with Gasteiger partial charge in [0.15, 0.2) is 0 Å². The Hall–Kier alpha value is -1.31. The zero-order valence-electron chi connectivity index (χ0n) is 7.54. The van der Waals surface area contributed by atoms with Gasteiger partial charge in [-0.25, -0.2) is 0 Å². The Labute approximate surface area is 73.4 Å². The highest BCUT2D eigenvalue weighted by Crippen LogP contribution is 2.11. The van der Waals surface area contributed by atoms with E-state index in [4.69, 9.17) is 10.5 Å². The van der Waals surface area contributed by atoms with Gasteiger partial charge in [-0.05, 0) is 12.1 Å². The van der Waals surface area contributed by atoms with Gasteiger partial charge in [-0.3, -0.25) is 0 Å². The van der Waals surface area contributed by atoms with Gasteiger partial charge in [0.2, 0.25) is 0 Å². The van der Waals surface area contributed by atoms with Gasteiger partial charge in [0.05, 0.1) is 0 Å². The Morgan fingerprint density at radius 3 is 2.17 bits per heavy atom. The van der Waals surface area contributed by atoms with Crippen LogP contribution in [0.4, 0.5) is 0 Å². The highest BCUT2D eigenvalue weighted by molar-refractivity contribution is 5.80. The van der Waals surface area contributed by atoms with Crippen LogP contribution in [0.25, 0.3) is 0 Å². The van der Waals surface area contributed by atoms with E-state index in [1.54, 1.807) is 24.3 Å². The molecule has 2 N–H and O–H groups in total. The van der Waals surface area contributed by atoms with Crippen LogP contribution in [0.15, 0.2) is 24.3 Å². The van der Waals surface area contributed by atoms with Gasteiger partial charge in [-0.15, -0.1) is 0 Å². The van der Waals surface area contributed by atoms with Gasteiger partial charge in [-0.2, -0.15) is 0 Å². The zero-order valence-corrected chi connectivity index (χ0v) is 7.54. The van der Waals surface area contributed by atoms with E-state index in [2.05, 4.69) is 13.8 Å². The number of rotatable bonds is 1. The molecule has 0 atom stereocenters. The van der Waals surface area contributed by atoms with E-state index in [-0.39, 0.29) is 5.75 Å². The normalized spacial score (nSPS) is 8.17. The summed E-state index contributed by atoms with van der Waals surface area (Å²) in [6.07, 6.45) is 2.37. The first-order valence-corrected chi connectivity index (χ1v) is 4.04. The van der Waals surface area contributed by atoms with Crippen LogP contribution in [0, 0.1) is 5.41 Å². The Bertz CT molecular complexity index is 233. The number of hydrogen-bond donors (Lipinski definition) is 2. The van der Waals surface area contributed by atoms with Crippen molar-refractivity contribution >= 4 is 6.21 Å². The monoisotopic (exact) mass is 165 g/mol. The molecule has 0 spiro atoms. The third kappa shape index (κ3) is 3.76. The maximum atomic E-state index is 8.96. The van der Waals surface area contributed by atoms with Crippen molar-refractivity contribution in [2.45, 2.75) is 20.3 Å². The van der Waals surface area contributed by atoms with Crippen LogP contribution in [0.5, 0.6) is 5.75 Å². The van der Waals surface area contributed by atoms with Crippen LogP contribution in [0.1, 0.15) is 25.8 Å². The first-order valence-electron chi connectivity index (χ1n) is 4.04. The van der Waals surface area contributed by atoms with Crippen LogP contribution >= 0.6 is 0 Å². The molecule has 0 fully saturated rings.